The molecule has 3 N–H and O–H groups in total. The summed E-state index contributed by atoms with van der Waals surface area (Å²) < 4.78 is 21.5. The van der Waals surface area contributed by atoms with Crippen molar-refractivity contribution >= 4 is 29.3 Å². The molecule has 0 fully saturated rings. The van der Waals surface area contributed by atoms with Gasteiger partial charge < -0.3 is 34.9 Å². The molecule has 2 aromatic carbocycles. The molecule has 3 aromatic rings. The molecule has 0 aliphatic carbocycles. The van der Waals surface area contributed by atoms with Crippen molar-refractivity contribution < 1.29 is 33.3 Å². The van der Waals surface area contributed by atoms with Crippen molar-refractivity contribution in [2.75, 3.05) is 38.0 Å². The van der Waals surface area contributed by atoms with E-state index in [4.69, 9.17) is 18.9 Å². The van der Waals surface area contributed by atoms with E-state index in [2.05, 4.69) is 20.9 Å². The van der Waals surface area contributed by atoms with Crippen molar-refractivity contribution in [2.45, 2.75) is 32.8 Å². The Morgan fingerprint density at radius 2 is 1.52 bits per heavy atom. The number of anilines is 2. The number of benzene rings is 2. The van der Waals surface area contributed by atoms with Crippen molar-refractivity contribution in [3.8, 4) is 17.2 Å². The molecule has 0 atom stereocenters. The highest BCUT2D eigenvalue weighted by molar-refractivity contribution is 6.10. The van der Waals surface area contributed by atoms with Crippen LogP contribution >= 0.6 is 0 Å². The summed E-state index contributed by atoms with van der Waals surface area (Å²) >= 11 is 0. The van der Waals surface area contributed by atoms with Crippen LogP contribution < -0.4 is 30.2 Å². The van der Waals surface area contributed by atoms with Crippen molar-refractivity contribution in [3.63, 3.8) is 0 Å². The third-order valence-electron chi connectivity index (χ3n) is 5.35. The zero-order chi connectivity index (χ0) is 29.1. The molecule has 0 aliphatic rings. The maximum atomic E-state index is 13.3. The molecule has 0 radical (unpaired) electrons. The van der Waals surface area contributed by atoms with E-state index in [9.17, 15) is 14.4 Å². The van der Waals surface area contributed by atoms with Gasteiger partial charge in [0.05, 0.1) is 44.0 Å². The number of carbonyl (C=O) groups excluding carboxylic acids is 3. The van der Waals surface area contributed by atoms with Gasteiger partial charge in [-0.05, 0) is 69.7 Å². The number of alkyl carbamates (subject to hydrolysis) is 1. The summed E-state index contributed by atoms with van der Waals surface area (Å²) in [6.45, 7) is 5.91. The number of amides is 3. The standard InChI is InChI=1S/C29H34N4O7/c1-29(2,3)40-28(36)31-14-6-16-39-25-17-21(38-5)11-12-22(25)27(35)32-23-13-15-30-18-24(23)33-26(34)19-7-9-20(37-4)10-8-19/h7-13,15,17-18H,6,14,16H2,1-5H3,(H,31,36)(H,33,34)(H,30,32,35). The minimum Gasteiger partial charge on any atom is -0.497 e. The van der Waals surface area contributed by atoms with Crippen LogP contribution in [-0.2, 0) is 4.74 Å². The maximum Gasteiger partial charge on any atom is 0.407 e. The molecule has 0 unspecified atom stereocenters. The first-order valence-corrected chi connectivity index (χ1v) is 12.6. The van der Waals surface area contributed by atoms with Crippen LogP contribution in [0, 0.1) is 0 Å². The van der Waals surface area contributed by atoms with Crippen molar-refractivity contribution in [1.82, 2.24) is 10.3 Å². The minimum atomic E-state index is -0.587. The lowest BCUT2D eigenvalue weighted by atomic mass is 10.1. The fraction of sp³-hybridized carbons (Fsp3) is 0.310. The topological polar surface area (TPSA) is 137 Å². The number of hydrogen-bond acceptors (Lipinski definition) is 8. The fourth-order valence-electron chi connectivity index (χ4n) is 3.43. The fourth-order valence-corrected chi connectivity index (χ4v) is 3.43. The van der Waals surface area contributed by atoms with E-state index in [0.29, 0.717) is 47.2 Å². The van der Waals surface area contributed by atoms with E-state index in [-0.39, 0.29) is 18.1 Å². The average Bonchev–Trinajstić information content (AvgIpc) is 2.92. The molecule has 0 saturated carbocycles. The number of nitrogens with zero attached hydrogens (tertiary/aromatic N) is 1. The zero-order valence-electron chi connectivity index (χ0n) is 23.2. The predicted octanol–water partition coefficient (Wildman–Crippen LogP) is 4.90. The van der Waals surface area contributed by atoms with E-state index < -0.39 is 17.6 Å². The molecule has 11 nitrogen and oxygen atoms in total. The summed E-state index contributed by atoms with van der Waals surface area (Å²) in [6, 6.07) is 13.0. The Balaban J connectivity index is 1.66. The highest BCUT2D eigenvalue weighted by atomic mass is 16.6. The molecular formula is C29H34N4O7. The van der Waals surface area contributed by atoms with E-state index in [1.807, 2.05) is 0 Å². The first-order chi connectivity index (χ1) is 19.1. The number of nitrogens with one attached hydrogen (secondary N) is 3. The molecule has 0 aliphatic heterocycles. The predicted molar refractivity (Wildman–Crippen MR) is 150 cm³/mol. The Bertz CT molecular complexity index is 1320. The second kappa shape index (κ2) is 13.8. The molecule has 0 bridgehead atoms. The summed E-state index contributed by atoms with van der Waals surface area (Å²) in [5, 5.41) is 8.25. The maximum absolute atomic E-state index is 13.3. The van der Waals surface area contributed by atoms with Gasteiger partial charge in [-0.3, -0.25) is 14.6 Å². The Morgan fingerprint density at radius 1 is 0.850 bits per heavy atom. The number of hydrogen-bond donors (Lipinski definition) is 3. The van der Waals surface area contributed by atoms with Gasteiger partial charge >= 0.3 is 6.09 Å². The Kier molecular flexibility index (Phi) is 10.3. The number of ether oxygens (including phenoxy) is 4. The van der Waals surface area contributed by atoms with Crippen LogP contribution in [0.25, 0.3) is 0 Å². The number of carbonyl (C=O) groups is 3. The largest absolute Gasteiger partial charge is 0.497 e. The van der Waals surface area contributed by atoms with Crippen LogP contribution in [0.4, 0.5) is 16.2 Å². The number of pyridine rings is 1. The lowest BCUT2D eigenvalue weighted by Gasteiger charge is -2.19. The number of rotatable bonds is 11. The lowest BCUT2D eigenvalue weighted by molar-refractivity contribution is 0.0525. The van der Waals surface area contributed by atoms with Crippen LogP contribution in [0.2, 0.25) is 0 Å². The Labute approximate surface area is 233 Å². The molecule has 1 heterocycles. The van der Waals surface area contributed by atoms with Gasteiger partial charge in [0.15, 0.2) is 0 Å². The molecule has 40 heavy (non-hydrogen) atoms. The van der Waals surface area contributed by atoms with Crippen LogP contribution in [0.5, 0.6) is 17.2 Å². The molecular weight excluding hydrogens is 516 g/mol. The number of aromatic nitrogens is 1. The van der Waals surface area contributed by atoms with Gasteiger partial charge in [0.2, 0.25) is 0 Å². The summed E-state index contributed by atoms with van der Waals surface area (Å²) in [4.78, 5) is 41.9. The highest BCUT2D eigenvalue weighted by Crippen LogP contribution is 2.28. The van der Waals surface area contributed by atoms with Crippen molar-refractivity contribution in [2.24, 2.45) is 0 Å². The summed E-state index contributed by atoms with van der Waals surface area (Å²) in [5.41, 5.74) is 0.751. The van der Waals surface area contributed by atoms with Gasteiger partial charge in [-0.25, -0.2) is 4.79 Å². The quantitative estimate of drug-likeness (QED) is 0.287. The third kappa shape index (κ3) is 8.90. The smallest absolute Gasteiger partial charge is 0.407 e. The second-order valence-electron chi connectivity index (χ2n) is 9.55. The molecule has 0 saturated heterocycles. The van der Waals surface area contributed by atoms with Crippen molar-refractivity contribution in [1.29, 1.82) is 0 Å². The molecule has 1 aromatic heterocycles. The first kappa shape index (κ1) is 29.8. The molecule has 3 amide bonds. The monoisotopic (exact) mass is 550 g/mol. The van der Waals surface area contributed by atoms with Gasteiger partial charge in [-0.2, -0.15) is 0 Å². The number of methoxy groups -OCH3 is 2. The van der Waals surface area contributed by atoms with Gasteiger partial charge in [0.1, 0.15) is 22.8 Å². The van der Waals surface area contributed by atoms with Crippen LogP contribution in [0.3, 0.4) is 0 Å². The first-order valence-electron chi connectivity index (χ1n) is 12.6. The Hall–Kier alpha value is -4.80. The highest BCUT2D eigenvalue weighted by Gasteiger charge is 2.18. The van der Waals surface area contributed by atoms with E-state index in [1.54, 1.807) is 76.4 Å². The SMILES string of the molecule is COc1ccc(C(=O)Nc2cnccc2NC(=O)c2ccc(OC)cc2OCCCNC(=O)OC(C)(C)C)cc1. The van der Waals surface area contributed by atoms with Crippen LogP contribution in [0.1, 0.15) is 47.9 Å². The minimum absolute atomic E-state index is 0.224. The van der Waals surface area contributed by atoms with E-state index in [1.165, 1.54) is 19.5 Å². The van der Waals surface area contributed by atoms with Gasteiger partial charge in [0, 0.05) is 24.4 Å². The van der Waals surface area contributed by atoms with Crippen LogP contribution in [0.15, 0.2) is 60.9 Å². The normalized spacial score (nSPS) is 10.7. The summed E-state index contributed by atoms with van der Waals surface area (Å²) in [7, 11) is 3.06. The van der Waals surface area contributed by atoms with Gasteiger partial charge in [-0.15, -0.1) is 0 Å². The second-order valence-corrected chi connectivity index (χ2v) is 9.55. The zero-order valence-corrected chi connectivity index (χ0v) is 23.2. The van der Waals surface area contributed by atoms with Crippen molar-refractivity contribution in [3.05, 3.63) is 72.1 Å². The van der Waals surface area contributed by atoms with E-state index in [0.717, 1.165) is 0 Å². The molecule has 3 rings (SSSR count). The molecule has 11 heteroatoms. The van der Waals surface area contributed by atoms with Crippen LogP contribution in [-0.4, -0.2) is 55.9 Å². The van der Waals surface area contributed by atoms with Gasteiger partial charge in [-0.1, -0.05) is 0 Å². The summed E-state index contributed by atoms with van der Waals surface area (Å²) in [6.07, 6.45) is 2.91. The lowest BCUT2D eigenvalue weighted by Crippen LogP contribution is -2.33. The molecule has 0 spiro atoms. The Morgan fingerprint density at radius 3 is 2.20 bits per heavy atom. The summed E-state index contributed by atoms with van der Waals surface area (Å²) in [5.74, 6) is 0.597. The van der Waals surface area contributed by atoms with Gasteiger partial charge in [0.25, 0.3) is 11.8 Å². The van der Waals surface area contributed by atoms with E-state index >= 15 is 0 Å². The average molecular weight is 551 g/mol. The third-order valence-corrected chi connectivity index (χ3v) is 5.35. The molecule has 212 valence electrons.